The van der Waals surface area contributed by atoms with Gasteiger partial charge in [-0.3, -0.25) is 0 Å². The Morgan fingerprint density at radius 3 is 2.06 bits per heavy atom. The molecule has 5 nitrogen and oxygen atoms in total. The number of allylic oxidation sites excluding steroid dienone is 2. The first-order chi connectivity index (χ1) is 23.8. The van der Waals surface area contributed by atoms with E-state index in [1.165, 1.54) is 21.9 Å². The summed E-state index contributed by atoms with van der Waals surface area (Å²) in [6.07, 6.45) is 7.50. The average Bonchev–Trinajstić information content (AvgIpc) is 3.73. The van der Waals surface area contributed by atoms with Crippen molar-refractivity contribution in [3.05, 3.63) is 151 Å². The lowest BCUT2D eigenvalue weighted by molar-refractivity contribution is 0.279. The van der Waals surface area contributed by atoms with Crippen LogP contribution >= 0.6 is 0 Å². The SMILES string of the molecule is C1=CCC2Oc3ccc4c(-c5ccc6oc7cccc(-c8nc(-c9ccccc9)nc(-c9ccccc9)n8)c7c6c5)cccc4c3C2=C1. The molecule has 0 fully saturated rings. The lowest BCUT2D eigenvalue weighted by Crippen LogP contribution is -2.12. The Morgan fingerprint density at radius 2 is 1.27 bits per heavy atom. The number of benzene rings is 6. The van der Waals surface area contributed by atoms with Crippen molar-refractivity contribution in [3.8, 4) is 51.0 Å². The predicted molar refractivity (Wildman–Crippen MR) is 193 cm³/mol. The number of fused-ring (bicyclic) bond motifs is 8. The van der Waals surface area contributed by atoms with Gasteiger partial charge in [-0.1, -0.05) is 121 Å². The Morgan fingerprint density at radius 1 is 0.542 bits per heavy atom. The molecule has 0 bridgehead atoms. The number of aromatic nitrogens is 3. The van der Waals surface area contributed by atoms with Crippen LogP contribution in [0.15, 0.2) is 150 Å². The molecule has 1 unspecified atom stereocenters. The van der Waals surface area contributed by atoms with Gasteiger partial charge in [0.1, 0.15) is 23.0 Å². The Hall–Kier alpha value is -6.33. The zero-order chi connectivity index (χ0) is 31.6. The van der Waals surface area contributed by atoms with Crippen molar-refractivity contribution >= 4 is 38.3 Å². The first-order valence-electron chi connectivity index (χ1n) is 16.2. The van der Waals surface area contributed by atoms with Crippen molar-refractivity contribution in [2.45, 2.75) is 12.5 Å². The van der Waals surface area contributed by atoms with E-state index in [4.69, 9.17) is 24.1 Å². The minimum absolute atomic E-state index is 0.0894. The van der Waals surface area contributed by atoms with Gasteiger partial charge in [0.05, 0.1) is 0 Å². The van der Waals surface area contributed by atoms with E-state index in [1.807, 2.05) is 72.8 Å². The maximum absolute atomic E-state index is 6.44. The molecule has 0 amide bonds. The minimum atomic E-state index is 0.0894. The number of nitrogens with zero attached hydrogens (tertiary/aromatic N) is 3. The molecule has 6 aromatic carbocycles. The van der Waals surface area contributed by atoms with Gasteiger partial charge in [0.2, 0.25) is 0 Å². The average molecular weight is 618 g/mol. The van der Waals surface area contributed by atoms with Gasteiger partial charge in [-0.2, -0.15) is 0 Å². The molecule has 0 radical (unpaired) electrons. The third kappa shape index (κ3) is 4.21. The topological polar surface area (TPSA) is 61.0 Å². The maximum Gasteiger partial charge on any atom is 0.164 e. The van der Waals surface area contributed by atoms with Crippen molar-refractivity contribution < 1.29 is 9.15 Å². The summed E-state index contributed by atoms with van der Waals surface area (Å²) in [4.78, 5) is 15.0. The van der Waals surface area contributed by atoms with Crippen LogP contribution in [0, 0.1) is 0 Å². The maximum atomic E-state index is 6.44. The number of furan rings is 1. The van der Waals surface area contributed by atoms with E-state index in [1.54, 1.807) is 0 Å². The first-order valence-corrected chi connectivity index (χ1v) is 16.2. The van der Waals surface area contributed by atoms with Crippen molar-refractivity contribution in [3.63, 3.8) is 0 Å². The molecular weight excluding hydrogens is 590 g/mol. The van der Waals surface area contributed by atoms with Crippen molar-refractivity contribution in [2.75, 3.05) is 0 Å². The van der Waals surface area contributed by atoms with E-state index >= 15 is 0 Å². The predicted octanol–water partition coefficient (Wildman–Crippen LogP) is 10.7. The highest BCUT2D eigenvalue weighted by Crippen LogP contribution is 2.46. The fraction of sp³-hybridized carbons (Fsp3) is 0.0465. The largest absolute Gasteiger partial charge is 0.485 e. The normalized spacial score (nSPS) is 15.0. The van der Waals surface area contributed by atoms with Crippen LogP contribution in [-0.2, 0) is 0 Å². The molecule has 1 aliphatic heterocycles. The van der Waals surface area contributed by atoms with E-state index in [0.29, 0.717) is 17.5 Å². The number of rotatable bonds is 4. The third-order valence-electron chi connectivity index (χ3n) is 9.44. The summed E-state index contributed by atoms with van der Waals surface area (Å²) >= 11 is 0. The van der Waals surface area contributed by atoms with Crippen LogP contribution in [0.5, 0.6) is 5.75 Å². The second-order valence-corrected chi connectivity index (χ2v) is 12.3. The zero-order valence-electron chi connectivity index (χ0n) is 25.8. The fourth-order valence-electron chi connectivity index (χ4n) is 7.21. The van der Waals surface area contributed by atoms with Crippen LogP contribution in [0.3, 0.4) is 0 Å². The molecule has 2 aliphatic rings. The molecule has 2 aromatic heterocycles. The molecule has 5 heteroatoms. The summed E-state index contributed by atoms with van der Waals surface area (Å²) in [5, 5.41) is 4.40. The van der Waals surface area contributed by atoms with Gasteiger partial charge >= 0.3 is 0 Å². The highest BCUT2D eigenvalue weighted by Gasteiger charge is 2.30. The number of ether oxygens (including phenoxy) is 1. The molecule has 3 heterocycles. The Labute approximate surface area is 276 Å². The van der Waals surface area contributed by atoms with E-state index < -0.39 is 0 Å². The van der Waals surface area contributed by atoms with Crippen molar-refractivity contribution in [2.24, 2.45) is 0 Å². The summed E-state index contributed by atoms with van der Waals surface area (Å²) in [7, 11) is 0. The fourth-order valence-corrected chi connectivity index (χ4v) is 7.21. The molecule has 0 saturated heterocycles. The molecule has 48 heavy (non-hydrogen) atoms. The molecule has 226 valence electrons. The quantitative estimate of drug-likeness (QED) is 0.197. The molecule has 1 atom stereocenters. The van der Waals surface area contributed by atoms with Gasteiger partial charge in [-0.05, 0) is 46.2 Å². The first kappa shape index (κ1) is 26.8. The van der Waals surface area contributed by atoms with Gasteiger partial charge in [-0.25, -0.2) is 15.0 Å². The van der Waals surface area contributed by atoms with E-state index in [2.05, 4.69) is 72.8 Å². The van der Waals surface area contributed by atoms with Crippen LogP contribution in [0.2, 0.25) is 0 Å². The zero-order valence-corrected chi connectivity index (χ0v) is 25.8. The van der Waals surface area contributed by atoms with Crippen molar-refractivity contribution in [1.29, 1.82) is 0 Å². The van der Waals surface area contributed by atoms with Crippen molar-refractivity contribution in [1.82, 2.24) is 15.0 Å². The smallest absolute Gasteiger partial charge is 0.164 e. The summed E-state index contributed by atoms with van der Waals surface area (Å²) in [6, 6.07) is 43.6. The summed E-state index contributed by atoms with van der Waals surface area (Å²) in [6.45, 7) is 0. The minimum Gasteiger partial charge on any atom is -0.485 e. The molecule has 0 N–H and O–H groups in total. The Kier molecular flexibility index (Phi) is 5.93. The standard InChI is InChI=1S/C43H27N3O2/c1-3-11-26(12-4-1)41-44-42(27-13-5-2-6-14-27)46-43(45-41)33-18-10-20-37-40(33)34-25-28(21-23-36(34)48-37)29-16-9-17-31-30(29)22-24-38-39(31)32-15-7-8-19-35(32)47-38/h1-18,20-25,35H,19H2. The van der Waals surface area contributed by atoms with Crippen LogP contribution < -0.4 is 4.74 Å². The summed E-state index contributed by atoms with van der Waals surface area (Å²) in [5.74, 6) is 2.82. The second-order valence-electron chi connectivity index (χ2n) is 12.3. The molecule has 1 aliphatic carbocycles. The van der Waals surface area contributed by atoms with Gasteiger partial charge in [0.25, 0.3) is 0 Å². The molecule has 10 rings (SSSR count). The Bertz CT molecular complexity index is 2560. The van der Waals surface area contributed by atoms with E-state index in [0.717, 1.165) is 61.9 Å². The monoisotopic (exact) mass is 617 g/mol. The lowest BCUT2D eigenvalue weighted by Gasteiger charge is -2.13. The summed E-state index contributed by atoms with van der Waals surface area (Å²) < 4.78 is 12.8. The number of hydrogen-bond donors (Lipinski definition) is 0. The molecular formula is C43H27N3O2. The highest BCUT2D eigenvalue weighted by molar-refractivity contribution is 6.14. The van der Waals surface area contributed by atoms with Crippen LogP contribution in [-0.4, -0.2) is 21.1 Å². The van der Waals surface area contributed by atoms with Gasteiger partial charge in [0, 0.05) is 45.0 Å². The molecule has 0 spiro atoms. The molecule has 0 saturated carbocycles. The van der Waals surface area contributed by atoms with Gasteiger partial charge in [-0.15, -0.1) is 0 Å². The lowest BCUT2D eigenvalue weighted by atomic mass is 9.89. The highest BCUT2D eigenvalue weighted by atomic mass is 16.5. The summed E-state index contributed by atoms with van der Waals surface area (Å²) in [5.41, 5.74) is 9.13. The van der Waals surface area contributed by atoms with E-state index in [-0.39, 0.29) is 6.10 Å². The van der Waals surface area contributed by atoms with Gasteiger partial charge < -0.3 is 9.15 Å². The van der Waals surface area contributed by atoms with E-state index in [9.17, 15) is 0 Å². The second kappa shape index (κ2) is 10.6. The van der Waals surface area contributed by atoms with Crippen LogP contribution in [0.25, 0.3) is 83.6 Å². The molecule has 8 aromatic rings. The Balaban J connectivity index is 1.17. The van der Waals surface area contributed by atoms with Crippen LogP contribution in [0.4, 0.5) is 0 Å². The van der Waals surface area contributed by atoms with Gasteiger partial charge in [0.15, 0.2) is 17.5 Å². The third-order valence-corrected chi connectivity index (χ3v) is 9.44. The number of hydrogen-bond acceptors (Lipinski definition) is 5. The van der Waals surface area contributed by atoms with Crippen LogP contribution in [0.1, 0.15) is 12.0 Å².